The van der Waals surface area contributed by atoms with Crippen molar-refractivity contribution in [1.29, 1.82) is 0 Å². The van der Waals surface area contributed by atoms with E-state index in [1.165, 1.54) is 75.5 Å². The number of esters is 1. The fourth-order valence-electron chi connectivity index (χ4n) is 11.0. The van der Waals surface area contributed by atoms with Crippen LogP contribution in [0.25, 0.3) is 22.3 Å². The minimum absolute atomic E-state index is 0.0789. The molecule has 2 aromatic carbocycles. The van der Waals surface area contributed by atoms with Crippen LogP contribution in [0.3, 0.4) is 0 Å². The maximum atomic E-state index is 13.0. The van der Waals surface area contributed by atoms with Crippen molar-refractivity contribution in [3.63, 3.8) is 0 Å². The van der Waals surface area contributed by atoms with E-state index in [4.69, 9.17) is 13.9 Å². The van der Waals surface area contributed by atoms with E-state index >= 15 is 0 Å². The Morgan fingerprint density at radius 2 is 1.78 bits per heavy atom. The van der Waals surface area contributed by atoms with Crippen LogP contribution >= 0.6 is 0 Å². The number of carbonyl (C=O) groups is 1. The summed E-state index contributed by atoms with van der Waals surface area (Å²) >= 11 is 0. The highest BCUT2D eigenvalue weighted by molar-refractivity contribution is 5.86. The van der Waals surface area contributed by atoms with Gasteiger partial charge < -0.3 is 19.0 Å². The lowest BCUT2D eigenvalue weighted by molar-refractivity contribution is -0.154. The summed E-state index contributed by atoms with van der Waals surface area (Å²) in [4.78, 5) is 25.9. The standard InChI is InChI=1S/C45H58O6/c1-28(2)10-9-11-29(3)31-14-17-36-35-16-15-32-22-33(18-21-45(32,5)37(35)19-20-44(36,4)26-31)50-42(48)27-49-34-23-38(46)43-39(47)25-40(51-41(43)24-34)30-12-7-6-8-13-30/h6-8,12-13,15,23-25,28-29,31,33,35-37,46H,9-11,14,16-22,26-27H2,1-5H3/t29-,31+,33-,35+,36-,37+,44+,45-/m0/s1. The monoisotopic (exact) mass is 694 g/mol. The summed E-state index contributed by atoms with van der Waals surface area (Å²) in [5.74, 6) is 4.80. The Labute approximate surface area is 304 Å². The van der Waals surface area contributed by atoms with Crippen molar-refractivity contribution in [2.24, 2.45) is 46.3 Å². The number of phenols is 1. The molecule has 8 atom stereocenters. The normalized spacial score (nSPS) is 30.9. The van der Waals surface area contributed by atoms with E-state index in [2.05, 4.69) is 40.7 Å². The molecule has 1 heterocycles. The molecule has 0 unspecified atom stereocenters. The molecule has 0 amide bonds. The number of aromatic hydroxyl groups is 1. The molecule has 1 aromatic heterocycles. The molecule has 4 aliphatic carbocycles. The third-order valence-corrected chi connectivity index (χ3v) is 13.9. The summed E-state index contributed by atoms with van der Waals surface area (Å²) in [6, 6.07) is 13.6. The second kappa shape index (κ2) is 14.5. The van der Waals surface area contributed by atoms with Gasteiger partial charge in [0.05, 0.1) is 0 Å². The number of hydrogen-bond acceptors (Lipinski definition) is 6. The first-order valence-electron chi connectivity index (χ1n) is 19.8. The van der Waals surface area contributed by atoms with Gasteiger partial charge in [0.15, 0.2) is 12.0 Å². The predicted octanol–water partition coefficient (Wildman–Crippen LogP) is 10.9. The minimum Gasteiger partial charge on any atom is -0.507 e. The van der Waals surface area contributed by atoms with Crippen LogP contribution in [-0.2, 0) is 9.53 Å². The first-order valence-corrected chi connectivity index (χ1v) is 19.8. The summed E-state index contributed by atoms with van der Waals surface area (Å²) in [6.07, 6.45) is 17.3. The maximum Gasteiger partial charge on any atom is 0.344 e. The molecule has 1 N–H and O–H groups in total. The molecule has 7 rings (SSSR count). The number of carbonyl (C=O) groups excluding carboxylic acids is 1. The van der Waals surface area contributed by atoms with Gasteiger partial charge >= 0.3 is 5.97 Å². The van der Waals surface area contributed by atoms with E-state index in [0.717, 1.165) is 60.3 Å². The minimum atomic E-state index is -0.430. The number of hydrogen-bond donors (Lipinski definition) is 1. The second-order valence-corrected chi connectivity index (χ2v) is 17.6. The molecular formula is C45H58O6. The smallest absolute Gasteiger partial charge is 0.344 e. The van der Waals surface area contributed by atoms with Crippen molar-refractivity contribution < 1.29 is 23.8 Å². The number of fused-ring (bicyclic) bond motifs is 6. The van der Waals surface area contributed by atoms with Crippen molar-refractivity contribution in [2.75, 3.05) is 6.61 Å². The average Bonchev–Trinajstić information content (AvgIpc) is 3.10. The largest absolute Gasteiger partial charge is 0.507 e. The van der Waals surface area contributed by atoms with Gasteiger partial charge in [0, 0.05) is 30.2 Å². The third-order valence-electron chi connectivity index (χ3n) is 13.9. The summed E-state index contributed by atoms with van der Waals surface area (Å²) in [5.41, 5.74) is 2.76. The first-order chi connectivity index (χ1) is 24.4. The molecule has 0 saturated heterocycles. The van der Waals surface area contributed by atoms with Gasteiger partial charge in [0.2, 0.25) is 0 Å². The lowest BCUT2D eigenvalue weighted by Crippen LogP contribution is -2.52. The first kappa shape index (κ1) is 35.8. The van der Waals surface area contributed by atoms with E-state index in [1.54, 1.807) is 6.07 Å². The van der Waals surface area contributed by atoms with E-state index in [-0.39, 0.29) is 46.0 Å². The van der Waals surface area contributed by atoms with Crippen molar-refractivity contribution in [1.82, 2.24) is 0 Å². The summed E-state index contributed by atoms with van der Waals surface area (Å²) < 4.78 is 17.8. The van der Waals surface area contributed by atoms with E-state index in [9.17, 15) is 14.7 Å². The Balaban J connectivity index is 0.956. The fourth-order valence-corrected chi connectivity index (χ4v) is 11.0. The highest BCUT2D eigenvalue weighted by atomic mass is 16.6. The van der Waals surface area contributed by atoms with Gasteiger partial charge in [-0.3, -0.25) is 4.79 Å². The zero-order valence-electron chi connectivity index (χ0n) is 31.4. The SMILES string of the molecule is CC(C)CCC[C@H](C)[C@@H]1CC[C@H]2[C@H]3CC=C4C[C@@H](OC(=O)COc5cc(O)c6c(=O)cc(-c7ccccc7)oc6c5)CC[C@]4(C)[C@@H]3CC[C@]2(C)C1. The van der Waals surface area contributed by atoms with Crippen LogP contribution in [0, 0.1) is 46.3 Å². The average molecular weight is 695 g/mol. The molecule has 6 heteroatoms. The van der Waals surface area contributed by atoms with Crippen LogP contribution in [0.1, 0.15) is 112 Å². The Morgan fingerprint density at radius 3 is 2.57 bits per heavy atom. The van der Waals surface area contributed by atoms with Crippen molar-refractivity contribution in [3.8, 4) is 22.8 Å². The summed E-state index contributed by atoms with van der Waals surface area (Å²) in [6.45, 7) is 12.1. The summed E-state index contributed by atoms with van der Waals surface area (Å²) in [5, 5.41) is 10.7. The van der Waals surface area contributed by atoms with E-state index in [0.29, 0.717) is 11.2 Å². The molecular weight excluding hydrogens is 636 g/mol. The van der Waals surface area contributed by atoms with Crippen LogP contribution in [-0.4, -0.2) is 23.8 Å². The van der Waals surface area contributed by atoms with Crippen LogP contribution in [0.4, 0.5) is 0 Å². The molecule has 3 aromatic rings. The van der Waals surface area contributed by atoms with Crippen LogP contribution in [0.15, 0.2) is 69.4 Å². The Kier molecular flexibility index (Phi) is 10.2. The molecule has 3 fully saturated rings. The van der Waals surface area contributed by atoms with Gasteiger partial charge in [-0.05, 0) is 97.7 Å². The van der Waals surface area contributed by atoms with Crippen LogP contribution < -0.4 is 10.2 Å². The highest BCUT2D eigenvalue weighted by Gasteiger charge is 2.56. The van der Waals surface area contributed by atoms with Crippen LogP contribution in [0.5, 0.6) is 11.5 Å². The zero-order valence-corrected chi connectivity index (χ0v) is 31.4. The molecule has 0 bridgehead atoms. The number of ether oxygens (including phenoxy) is 2. The molecule has 51 heavy (non-hydrogen) atoms. The predicted molar refractivity (Wildman–Crippen MR) is 203 cm³/mol. The third kappa shape index (κ3) is 7.26. The van der Waals surface area contributed by atoms with Gasteiger partial charge in [-0.2, -0.15) is 0 Å². The van der Waals surface area contributed by atoms with Crippen molar-refractivity contribution in [3.05, 3.63) is 70.4 Å². The molecule has 0 spiro atoms. The van der Waals surface area contributed by atoms with E-state index in [1.807, 2.05) is 30.3 Å². The Bertz CT molecular complexity index is 1810. The zero-order chi connectivity index (χ0) is 35.9. The second-order valence-electron chi connectivity index (χ2n) is 17.6. The fraction of sp³-hybridized carbons (Fsp3) is 0.600. The van der Waals surface area contributed by atoms with Gasteiger partial charge in [0.25, 0.3) is 0 Å². The van der Waals surface area contributed by atoms with Gasteiger partial charge in [-0.25, -0.2) is 4.79 Å². The van der Waals surface area contributed by atoms with Crippen molar-refractivity contribution in [2.45, 2.75) is 118 Å². The van der Waals surface area contributed by atoms with Crippen LogP contribution in [0.2, 0.25) is 0 Å². The number of phenolic OH excluding ortho intramolecular Hbond substituents is 1. The highest BCUT2D eigenvalue weighted by Crippen LogP contribution is 2.65. The lowest BCUT2D eigenvalue weighted by Gasteiger charge is -2.61. The molecule has 0 radical (unpaired) electrons. The van der Waals surface area contributed by atoms with Gasteiger partial charge in [-0.15, -0.1) is 0 Å². The number of allylic oxidation sites excluding steroid dienone is 1. The topological polar surface area (TPSA) is 86.0 Å². The molecule has 4 aliphatic rings. The Morgan fingerprint density at radius 1 is 0.980 bits per heavy atom. The molecule has 3 saturated carbocycles. The summed E-state index contributed by atoms with van der Waals surface area (Å²) in [7, 11) is 0. The van der Waals surface area contributed by atoms with E-state index < -0.39 is 5.97 Å². The molecule has 274 valence electrons. The molecule has 6 nitrogen and oxygen atoms in total. The Hall–Kier alpha value is -3.54. The van der Waals surface area contributed by atoms with Gasteiger partial charge in [0.1, 0.15) is 34.3 Å². The maximum absolute atomic E-state index is 13.0. The quantitative estimate of drug-likeness (QED) is 0.168. The number of benzene rings is 2. The number of rotatable bonds is 10. The molecule has 0 aliphatic heterocycles. The van der Waals surface area contributed by atoms with Gasteiger partial charge in [-0.1, -0.05) is 95.9 Å². The van der Waals surface area contributed by atoms with Crippen molar-refractivity contribution >= 4 is 16.9 Å². The lowest BCUT2D eigenvalue weighted by atomic mass is 9.44.